The van der Waals surface area contributed by atoms with Crippen molar-refractivity contribution < 1.29 is 14.6 Å². The summed E-state index contributed by atoms with van der Waals surface area (Å²) in [6, 6.07) is 0. The smallest absolute Gasteiger partial charge is 0.330 e. The number of aliphatic hydroxyl groups is 1. The molecule has 0 aromatic carbocycles. The summed E-state index contributed by atoms with van der Waals surface area (Å²) in [6.45, 7) is -0.162. The highest BCUT2D eigenvalue weighted by molar-refractivity contribution is 5.82. The van der Waals surface area contributed by atoms with Gasteiger partial charge in [-0.2, -0.15) is 0 Å². The lowest BCUT2D eigenvalue weighted by Crippen LogP contribution is -1.92. The molecule has 0 aromatic heterocycles. The molecule has 0 bridgehead atoms. The summed E-state index contributed by atoms with van der Waals surface area (Å²) < 4.78 is 4.34. The molecule has 0 fully saturated rings. The van der Waals surface area contributed by atoms with Crippen molar-refractivity contribution in [1.29, 1.82) is 0 Å². The largest absolute Gasteiger partial charge is 0.466 e. The van der Waals surface area contributed by atoms with E-state index in [1.807, 2.05) is 0 Å². The predicted octanol–water partition coefficient (Wildman–Crippen LogP) is 0.267. The highest BCUT2D eigenvalue weighted by Crippen LogP contribution is 1.79. The predicted molar refractivity (Wildman–Crippen MR) is 45.2 cm³/mol. The minimum absolute atomic E-state index is 0.162. The number of aliphatic hydroxyl groups excluding tert-OH is 1. The first-order valence-corrected chi connectivity index (χ1v) is 3.31. The van der Waals surface area contributed by atoms with E-state index in [1.54, 1.807) is 6.08 Å². The van der Waals surface area contributed by atoms with E-state index in [9.17, 15) is 4.79 Å². The maximum atomic E-state index is 10.5. The van der Waals surface area contributed by atoms with Crippen molar-refractivity contribution in [3.8, 4) is 11.8 Å². The van der Waals surface area contributed by atoms with Gasteiger partial charge in [0.15, 0.2) is 0 Å². The Morgan fingerprint density at radius 3 is 2.92 bits per heavy atom. The summed E-state index contributed by atoms with van der Waals surface area (Å²) in [5.41, 5.74) is 0. The van der Waals surface area contributed by atoms with Gasteiger partial charge in [0.05, 0.1) is 7.11 Å². The molecule has 0 radical (unpaired) electrons. The summed E-state index contributed by atoms with van der Waals surface area (Å²) in [7, 11) is 1.31. The van der Waals surface area contributed by atoms with Gasteiger partial charge in [-0.1, -0.05) is 24.0 Å². The van der Waals surface area contributed by atoms with Crippen LogP contribution in [0.4, 0.5) is 0 Å². The zero-order chi connectivity index (χ0) is 9.23. The van der Waals surface area contributed by atoms with Gasteiger partial charge in [-0.3, -0.25) is 0 Å². The lowest BCUT2D eigenvalue weighted by Gasteiger charge is -1.85. The van der Waals surface area contributed by atoms with Gasteiger partial charge in [0, 0.05) is 6.08 Å². The Kier molecular flexibility index (Phi) is 6.61. The third kappa shape index (κ3) is 6.59. The van der Waals surface area contributed by atoms with E-state index in [2.05, 4.69) is 16.6 Å². The maximum absolute atomic E-state index is 10.5. The van der Waals surface area contributed by atoms with Gasteiger partial charge in [-0.25, -0.2) is 4.79 Å². The van der Waals surface area contributed by atoms with Crippen LogP contribution in [0.5, 0.6) is 0 Å². The second-order valence-electron chi connectivity index (χ2n) is 1.72. The van der Waals surface area contributed by atoms with Crippen LogP contribution in [-0.2, 0) is 9.53 Å². The normalized spacial score (nSPS) is 9.83. The number of hydrogen-bond donors (Lipinski definition) is 1. The fraction of sp³-hybridized carbons (Fsp3) is 0.222. The van der Waals surface area contributed by atoms with E-state index in [0.29, 0.717) is 0 Å². The van der Waals surface area contributed by atoms with Crippen molar-refractivity contribution in [2.75, 3.05) is 13.7 Å². The summed E-state index contributed by atoms with van der Waals surface area (Å²) >= 11 is 0. The minimum atomic E-state index is -0.408. The van der Waals surface area contributed by atoms with E-state index >= 15 is 0 Å². The van der Waals surface area contributed by atoms with Crippen LogP contribution >= 0.6 is 0 Å². The highest BCUT2D eigenvalue weighted by atomic mass is 16.5. The molecule has 3 heteroatoms. The zero-order valence-corrected chi connectivity index (χ0v) is 6.78. The standard InChI is InChI=1S/C9H10O3/c1-12-9(11)7-5-3-2-4-6-8-10/h2-3,5,7,10H,8H2,1H3. The summed E-state index contributed by atoms with van der Waals surface area (Å²) in [5, 5.41) is 8.25. The molecule has 0 rings (SSSR count). The zero-order valence-electron chi connectivity index (χ0n) is 6.78. The van der Waals surface area contributed by atoms with Crippen molar-refractivity contribution in [2.24, 2.45) is 0 Å². The van der Waals surface area contributed by atoms with Crippen molar-refractivity contribution >= 4 is 5.97 Å². The van der Waals surface area contributed by atoms with Gasteiger partial charge >= 0.3 is 5.97 Å². The molecule has 0 atom stereocenters. The van der Waals surface area contributed by atoms with Gasteiger partial charge in [0.2, 0.25) is 0 Å². The van der Waals surface area contributed by atoms with Gasteiger partial charge in [0.25, 0.3) is 0 Å². The molecular formula is C9H10O3. The van der Waals surface area contributed by atoms with E-state index in [1.165, 1.54) is 25.3 Å². The Labute approximate surface area is 71.3 Å². The number of esters is 1. The van der Waals surface area contributed by atoms with Gasteiger partial charge in [-0.05, 0) is 6.08 Å². The van der Waals surface area contributed by atoms with Gasteiger partial charge < -0.3 is 9.84 Å². The number of rotatable bonds is 2. The van der Waals surface area contributed by atoms with Crippen LogP contribution in [0.15, 0.2) is 24.3 Å². The lowest BCUT2D eigenvalue weighted by atomic mass is 10.4. The summed E-state index contributed by atoms with van der Waals surface area (Å²) in [5.74, 6) is 4.55. The number of ether oxygens (including phenoxy) is 1. The monoisotopic (exact) mass is 166 g/mol. The van der Waals surface area contributed by atoms with Crippen LogP contribution in [0.25, 0.3) is 0 Å². The number of hydrogen-bond acceptors (Lipinski definition) is 3. The second kappa shape index (κ2) is 7.58. The molecule has 12 heavy (non-hydrogen) atoms. The molecule has 64 valence electrons. The second-order valence-corrected chi connectivity index (χ2v) is 1.72. The molecule has 3 nitrogen and oxygen atoms in total. The third-order valence-corrected chi connectivity index (χ3v) is 0.905. The first-order valence-electron chi connectivity index (χ1n) is 3.31. The Balaban J connectivity index is 3.73. The van der Waals surface area contributed by atoms with Gasteiger partial charge in [0.1, 0.15) is 6.61 Å². The number of methoxy groups -OCH3 is 1. The van der Waals surface area contributed by atoms with Crippen LogP contribution in [-0.4, -0.2) is 24.8 Å². The minimum Gasteiger partial charge on any atom is -0.466 e. The molecule has 0 aromatic rings. The third-order valence-electron chi connectivity index (χ3n) is 0.905. The molecule has 0 aliphatic heterocycles. The fourth-order valence-electron chi connectivity index (χ4n) is 0.410. The molecule has 0 heterocycles. The molecule has 0 amide bonds. The topological polar surface area (TPSA) is 46.5 Å². The summed E-state index contributed by atoms with van der Waals surface area (Å²) in [6.07, 6.45) is 5.89. The molecule has 0 aliphatic carbocycles. The molecule has 0 aliphatic rings. The van der Waals surface area contributed by atoms with Gasteiger partial charge in [-0.15, -0.1) is 0 Å². The number of carbonyl (C=O) groups excluding carboxylic acids is 1. The van der Waals surface area contributed by atoms with Crippen molar-refractivity contribution in [3.63, 3.8) is 0 Å². The quantitative estimate of drug-likeness (QED) is 0.277. The van der Waals surface area contributed by atoms with Crippen molar-refractivity contribution in [1.82, 2.24) is 0 Å². The maximum Gasteiger partial charge on any atom is 0.330 e. The van der Waals surface area contributed by atoms with Crippen LogP contribution in [0.1, 0.15) is 0 Å². The lowest BCUT2D eigenvalue weighted by molar-refractivity contribution is -0.134. The Bertz CT molecular complexity index is 240. The number of carbonyl (C=O) groups is 1. The summed E-state index contributed by atoms with van der Waals surface area (Å²) in [4.78, 5) is 10.5. The Hall–Kier alpha value is -1.53. The number of allylic oxidation sites excluding steroid dienone is 3. The average molecular weight is 166 g/mol. The van der Waals surface area contributed by atoms with Crippen molar-refractivity contribution in [2.45, 2.75) is 0 Å². The first-order chi connectivity index (χ1) is 5.81. The van der Waals surface area contributed by atoms with Crippen LogP contribution in [0, 0.1) is 11.8 Å². The Morgan fingerprint density at radius 1 is 1.58 bits per heavy atom. The molecule has 0 unspecified atom stereocenters. The molecule has 0 spiro atoms. The molecule has 0 saturated heterocycles. The Morgan fingerprint density at radius 2 is 2.33 bits per heavy atom. The average Bonchev–Trinajstić information content (AvgIpc) is 2.10. The molecular weight excluding hydrogens is 156 g/mol. The highest BCUT2D eigenvalue weighted by Gasteiger charge is 1.85. The van der Waals surface area contributed by atoms with E-state index < -0.39 is 5.97 Å². The fourth-order valence-corrected chi connectivity index (χ4v) is 0.410. The molecule has 1 N–H and O–H groups in total. The van der Waals surface area contributed by atoms with Crippen LogP contribution in [0.2, 0.25) is 0 Å². The van der Waals surface area contributed by atoms with Crippen molar-refractivity contribution in [3.05, 3.63) is 24.3 Å². The van der Waals surface area contributed by atoms with Crippen LogP contribution in [0.3, 0.4) is 0 Å². The van der Waals surface area contributed by atoms with E-state index in [4.69, 9.17) is 5.11 Å². The SMILES string of the molecule is COC(=O)C=CC=CC#CCO. The van der Waals surface area contributed by atoms with Crippen LogP contribution < -0.4 is 0 Å². The molecule has 0 saturated carbocycles. The van der Waals surface area contributed by atoms with E-state index in [0.717, 1.165) is 0 Å². The first kappa shape index (κ1) is 10.5. The van der Waals surface area contributed by atoms with E-state index in [-0.39, 0.29) is 6.61 Å².